The van der Waals surface area contributed by atoms with Gasteiger partial charge in [-0.05, 0) is 36.4 Å². The van der Waals surface area contributed by atoms with Gasteiger partial charge in [-0.1, -0.05) is 22.6 Å². The van der Waals surface area contributed by atoms with Crippen molar-refractivity contribution in [2.45, 2.75) is 0 Å². The Morgan fingerprint density at radius 3 is 2.89 bits per heavy atom. The number of fused-ring (bicyclic) bond motifs is 1. The maximum Gasteiger partial charge on any atom is 0.258 e. The molecule has 7 nitrogen and oxygen atoms in total. The van der Waals surface area contributed by atoms with Crippen LogP contribution in [-0.2, 0) is 0 Å². The molecule has 8 heteroatoms. The van der Waals surface area contributed by atoms with Gasteiger partial charge in [0.15, 0.2) is 5.13 Å². The van der Waals surface area contributed by atoms with Gasteiger partial charge in [0.1, 0.15) is 6.07 Å². The van der Waals surface area contributed by atoms with Crippen LogP contribution in [0.25, 0.3) is 33.1 Å². The largest absolute Gasteiger partial charge is 0.381 e. The highest BCUT2D eigenvalue weighted by Gasteiger charge is 2.14. The van der Waals surface area contributed by atoms with E-state index < -0.39 is 0 Å². The van der Waals surface area contributed by atoms with Crippen LogP contribution in [0.2, 0.25) is 0 Å². The standard InChI is InChI=1S/C19H14N6OS/c1-2-7-22-14-5-3-12(8-13(14)10-20)18-24-17(25-26-18)11-4-6-16-15(9-11)23-19(21)27-16/h2-6,8-9,22H,1,7H2,(H2,21,23). The van der Waals surface area contributed by atoms with Gasteiger partial charge in [-0.2, -0.15) is 10.2 Å². The number of rotatable bonds is 5. The van der Waals surface area contributed by atoms with Crippen LogP contribution in [0.4, 0.5) is 10.8 Å². The highest BCUT2D eigenvalue weighted by Crippen LogP contribution is 2.29. The minimum Gasteiger partial charge on any atom is -0.381 e. The van der Waals surface area contributed by atoms with E-state index in [1.165, 1.54) is 11.3 Å². The molecule has 2 aromatic carbocycles. The molecule has 0 saturated carbocycles. The summed E-state index contributed by atoms with van der Waals surface area (Å²) in [5, 5.41) is 17.1. The van der Waals surface area contributed by atoms with Crippen molar-refractivity contribution >= 4 is 32.4 Å². The average molecular weight is 374 g/mol. The van der Waals surface area contributed by atoms with Gasteiger partial charge in [0.2, 0.25) is 5.82 Å². The molecule has 0 aliphatic rings. The van der Waals surface area contributed by atoms with Crippen molar-refractivity contribution in [3.8, 4) is 28.9 Å². The molecule has 0 saturated heterocycles. The third kappa shape index (κ3) is 3.23. The molecule has 0 aliphatic heterocycles. The van der Waals surface area contributed by atoms with E-state index in [0.717, 1.165) is 21.5 Å². The van der Waals surface area contributed by atoms with Crippen molar-refractivity contribution in [3.63, 3.8) is 0 Å². The van der Waals surface area contributed by atoms with Crippen molar-refractivity contribution in [2.75, 3.05) is 17.6 Å². The number of nitrogens with two attached hydrogens (primary N) is 1. The molecule has 132 valence electrons. The maximum absolute atomic E-state index is 9.38. The highest BCUT2D eigenvalue weighted by molar-refractivity contribution is 7.22. The van der Waals surface area contributed by atoms with Gasteiger partial charge in [0.05, 0.1) is 21.5 Å². The van der Waals surface area contributed by atoms with Crippen LogP contribution < -0.4 is 11.1 Å². The third-order valence-corrected chi connectivity index (χ3v) is 4.78. The molecular formula is C19H14N6OS. The van der Waals surface area contributed by atoms with Crippen LogP contribution in [0.15, 0.2) is 53.6 Å². The van der Waals surface area contributed by atoms with Gasteiger partial charge in [0.25, 0.3) is 5.89 Å². The molecule has 0 spiro atoms. The quantitative estimate of drug-likeness (QED) is 0.506. The van der Waals surface area contributed by atoms with E-state index in [4.69, 9.17) is 10.3 Å². The second-order valence-electron chi connectivity index (χ2n) is 5.70. The van der Waals surface area contributed by atoms with Crippen molar-refractivity contribution in [2.24, 2.45) is 0 Å². The first-order valence-corrected chi connectivity index (χ1v) is 8.89. The van der Waals surface area contributed by atoms with Gasteiger partial charge in [-0.3, -0.25) is 0 Å². The molecule has 4 aromatic rings. The Hall–Kier alpha value is -3.70. The number of thiazole rings is 1. The summed E-state index contributed by atoms with van der Waals surface area (Å²) in [6, 6.07) is 13.2. The van der Waals surface area contributed by atoms with Crippen LogP contribution in [0, 0.1) is 11.3 Å². The fraction of sp³-hybridized carbons (Fsp3) is 0.0526. The maximum atomic E-state index is 9.38. The van der Waals surface area contributed by atoms with E-state index in [1.54, 1.807) is 12.1 Å². The van der Waals surface area contributed by atoms with Gasteiger partial charge >= 0.3 is 0 Å². The van der Waals surface area contributed by atoms with E-state index >= 15 is 0 Å². The van der Waals surface area contributed by atoms with E-state index in [0.29, 0.717) is 34.5 Å². The first-order valence-electron chi connectivity index (χ1n) is 8.07. The predicted octanol–water partition coefficient (Wildman–Crippen LogP) is 4.07. The topological polar surface area (TPSA) is 114 Å². The van der Waals surface area contributed by atoms with Crippen molar-refractivity contribution in [1.82, 2.24) is 15.1 Å². The van der Waals surface area contributed by atoms with Crippen LogP contribution >= 0.6 is 11.3 Å². The summed E-state index contributed by atoms with van der Waals surface area (Å²) in [5.41, 5.74) is 9.23. The fourth-order valence-corrected chi connectivity index (χ4v) is 3.36. The Balaban J connectivity index is 1.67. The number of nitrogens with one attached hydrogen (secondary N) is 1. The number of nitriles is 1. The lowest BCUT2D eigenvalue weighted by atomic mass is 10.1. The molecule has 4 rings (SSSR count). The Labute approximate surface area is 158 Å². The molecule has 0 fully saturated rings. The Kier molecular flexibility index (Phi) is 4.28. The number of hydrogen-bond donors (Lipinski definition) is 2. The molecule has 0 bridgehead atoms. The molecule has 0 atom stereocenters. The lowest BCUT2D eigenvalue weighted by molar-refractivity contribution is 0.432. The van der Waals surface area contributed by atoms with Gasteiger partial charge in [-0.15, -0.1) is 6.58 Å². The number of aromatic nitrogens is 3. The highest BCUT2D eigenvalue weighted by atomic mass is 32.1. The van der Waals surface area contributed by atoms with Crippen LogP contribution in [0.3, 0.4) is 0 Å². The number of anilines is 2. The molecule has 0 aliphatic carbocycles. The summed E-state index contributed by atoms with van der Waals surface area (Å²) in [4.78, 5) is 8.73. The number of nitrogen functional groups attached to an aromatic ring is 1. The summed E-state index contributed by atoms with van der Waals surface area (Å²) in [5.74, 6) is 0.792. The lowest BCUT2D eigenvalue weighted by Gasteiger charge is -2.06. The molecule has 0 unspecified atom stereocenters. The monoisotopic (exact) mass is 374 g/mol. The zero-order chi connectivity index (χ0) is 18.8. The van der Waals surface area contributed by atoms with Gasteiger partial charge < -0.3 is 15.6 Å². The number of hydrogen-bond acceptors (Lipinski definition) is 8. The summed E-state index contributed by atoms with van der Waals surface area (Å²) in [6.07, 6.45) is 1.73. The van der Waals surface area contributed by atoms with E-state index in [9.17, 15) is 5.26 Å². The zero-order valence-electron chi connectivity index (χ0n) is 14.1. The van der Waals surface area contributed by atoms with Gasteiger partial charge in [0, 0.05) is 17.7 Å². The van der Waals surface area contributed by atoms with Gasteiger partial charge in [-0.25, -0.2) is 4.98 Å². The third-order valence-electron chi connectivity index (χ3n) is 3.91. The average Bonchev–Trinajstić information content (AvgIpc) is 3.31. The normalized spacial score (nSPS) is 10.6. The second-order valence-corrected chi connectivity index (χ2v) is 6.76. The minimum absolute atomic E-state index is 0.342. The molecule has 0 radical (unpaired) electrons. The number of benzene rings is 2. The predicted molar refractivity (Wildman–Crippen MR) is 106 cm³/mol. The number of nitrogens with zero attached hydrogens (tertiary/aromatic N) is 4. The molecular weight excluding hydrogens is 360 g/mol. The SMILES string of the molecule is C=CCNc1ccc(-c2nc(-c3ccc4sc(N)nc4c3)no2)cc1C#N. The molecule has 0 amide bonds. The molecule has 3 N–H and O–H groups in total. The zero-order valence-corrected chi connectivity index (χ0v) is 15.0. The smallest absolute Gasteiger partial charge is 0.258 e. The minimum atomic E-state index is 0.342. The molecule has 27 heavy (non-hydrogen) atoms. The Morgan fingerprint density at radius 1 is 1.22 bits per heavy atom. The fourth-order valence-electron chi connectivity index (χ4n) is 2.65. The summed E-state index contributed by atoms with van der Waals surface area (Å²) < 4.78 is 6.39. The van der Waals surface area contributed by atoms with E-state index in [2.05, 4.69) is 33.1 Å². The Bertz CT molecular complexity index is 1190. The summed E-state index contributed by atoms with van der Waals surface area (Å²) in [6.45, 7) is 4.23. The van der Waals surface area contributed by atoms with Crippen molar-refractivity contribution in [3.05, 3.63) is 54.6 Å². The summed E-state index contributed by atoms with van der Waals surface area (Å²) >= 11 is 1.43. The lowest BCUT2D eigenvalue weighted by Crippen LogP contribution is -2.00. The second kappa shape index (κ2) is 6.90. The summed E-state index contributed by atoms with van der Waals surface area (Å²) in [7, 11) is 0. The van der Waals surface area contributed by atoms with E-state index in [1.807, 2.05) is 30.3 Å². The van der Waals surface area contributed by atoms with Crippen LogP contribution in [-0.4, -0.2) is 21.7 Å². The molecule has 2 heterocycles. The van der Waals surface area contributed by atoms with Crippen LogP contribution in [0.1, 0.15) is 5.56 Å². The van der Waals surface area contributed by atoms with Crippen LogP contribution in [0.5, 0.6) is 0 Å². The Morgan fingerprint density at radius 2 is 2.07 bits per heavy atom. The van der Waals surface area contributed by atoms with Crippen molar-refractivity contribution in [1.29, 1.82) is 5.26 Å². The van der Waals surface area contributed by atoms with E-state index in [-0.39, 0.29) is 0 Å². The first-order chi connectivity index (χ1) is 13.2. The first kappa shape index (κ1) is 16.8. The molecule has 2 aromatic heterocycles. The van der Waals surface area contributed by atoms with Crippen molar-refractivity contribution < 1.29 is 4.52 Å².